The molecule has 2 rings (SSSR count). The van der Waals surface area contributed by atoms with E-state index in [4.69, 9.17) is 5.73 Å². The summed E-state index contributed by atoms with van der Waals surface area (Å²) in [4.78, 5) is 0. The highest BCUT2D eigenvalue weighted by Crippen LogP contribution is 2.60. The third-order valence-electron chi connectivity index (χ3n) is 4.66. The van der Waals surface area contributed by atoms with Crippen molar-refractivity contribution in [3.05, 3.63) is 0 Å². The molecular formula is C15H30N2. The summed E-state index contributed by atoms with van der Waals surface area (Å²) in [6.07, 6.45) is 9.78. The van der Waals surface area contributed by atoms with Gasteiger partial charge in [-0.3, -0.25) is 0 Å². The molecule has 0 radical (unpaired) electrons. The van der Waals surface area contributed by atoms with Crippen LogP contribution in [-0.2, 0) is 0 Å². The minimum atomic E-state index is 0.375. The van der Waals surface area contributed by atoms with Gasteiger partial charge in [-0.15, -0.1) is 0 Å². The second-order valence-electron chi connectivity index (χ2n) is 6.78. The van der Waals surface area contributed by atoms with Gasteiger partial charge < -0.3 is 11.1 Å². The van der Waals surface area contributed by atoms with Crippen LogP contribution in [0, 0.1) is 17.3 Å². The van der Waals surface area contributed by atoms with Gasteiger partial charge >= 0.3 is 0 Å². The summed E-state index contributed by atoms with van der Waals surface area (Å²) in [5, 5.41) is 3.72. The lowest BCUT2D eigenvalue weighted by Crippen LogP contribution is -2.29. The van der Waals surface area contributed by atoms with Gasteiger partial charge in [-0.2, -0.15) is 0 Å². The van der Waals surface area contributed by atoms with E-state index >= 15 is 0 Å². The lowest BCUT2D eigenvalue weighted by molar-refractivity contribution is 0.373. The fourth-order valence-electron chi connectivity index (χ4n) is 3.04. The highest BCUT2D eigenvalue weighted by atomic mass is 14.9. The Morgan fingerprint density at radius 2 is 1.94 bits per heavy atom. The van der Waals surface area contributed by atoms with Gasteiger partial charge in [0, 0.05) is 12.6 Å². The Kier molecular flexibility index (Phi) is 4.48. The van der Waals surface area contributed by atoms with Crippen molar-refractivity contribution in [1.29, 1.82) is 0 Å². The van der Waals surface area contributed by atoms with Crippen LogP contribution in [-0.4, -0.2) is 19.1 Å². The van der Waals surface area contributed by atoms with Crippen LogP contribution in [0.15, 0.2) is 0 Å². The van der Waals surface area contributed by atoms with Crippen molar-refractivity contribution in [3.63, 3.8) is 0 Å². The molecule has 0 aliphatic heterocycles. The maximum absolute atomic E-state index is 5.77. The van der Waals surface area contributed by atoms with Gasteiger partial charge in [0.05, 0.1) is 0 Å². The number of nitrogens with two attached hydrogens (primary N) is 1. The lowest BCUT2D eigenvalue weighted by Gasteiger charge is -2.18. The molecule has 2 aliphatic carbocycles. The maximum atomic E-state index is 5.77. The first-order valence-electron chi connectivity index (χ1n) is 7.59. The molecule has 0 amide bonds. The normalized spacial score (nSPS) is 25.6. The van der Waals surface area contributed by atoms with Crippen LogP contribution in [0.2, 0.25) is 0 Å². The van der Waals surface area contributed by atoms with Crippen molar-refractivity contribution in [1.82, 2.24) is 5.32 Å². The van der Waals surface area contributed by atoms with E-state index in [0.717, 1.165) is 17.3 Å². The zero-order chi connectivity index (χ0) is 12.3. The molecule has 0 aromatic heterocycles. The van der Waals surface area contributed by atoms with E-state index in [1.807, 2.05) is 0 Å². The van der Waals surface area contributed by atoms with E-state index in [-0.39, 0.29) is 0 Å². The van der Waals surface area contributed by atoms with Crippen LogP contribution < -0.4 is 11.1 Å². The predicted octanol–water partition coefficient (Wildman–Crippen LogP) is 2.92. The van der Waals surface area contributed by atoms with E-state index in [9.17, 15) is 0 Å². The van der Waals surface area contributed by atoms with Crippen LogP contribution in [0.25, 0.3) is 0 Å². The van der Waals surface area contributed by atoms with Crippen molar-refractivity contribution >= 4 is 0 Å². The van der Waals surface area contributed by atoms with Crippen molar-refractivity contribution in [2.24, 2.45) is 23.0 Å². The SMILES string of the molecule is CC(N)CCCC(C)CNCC1(C2CC2)CC1. The summed E-state index contributed by atoms with van der Waals surface area (Å²) in [5.74, 6) is 1.90. The Bertz CT molecular complexity index is 229. The summed E-state index contributed by atoms with van der Waals surface area (Å²) >= 11 is 0. The van der Waals surface area contributed by atoms with Crippen LogP contribution in [0.4, 0.5) is 0 Å². The van der Waals surface area contributed by atoms with Gasteiger partial charge in [0.15, 0.2) is 0 Å². The molecule has 2 fully saturated rings. The van der Waals surface area contributed by atoms with Crippen LogP contribution in [0.1, 0.15) is 58.8 Å². The van der Waals surface area contributed by atoms with Gasteiger partial charge in [0.2, 0.25) is 0 Å². The summed E-state index contributed by atoms with van der Waals surface area (Å²) in [6, 6.07) is 0.375. The molecule has 2 aliphatic rings. The quantitative estimate of drug-likeness (QED) is 0.648. The molecule has 0 aromatic rings. The second-order valence-corrected chi connectivity index (χ2v) is 6.78. The zero-order valence-electron chi connectivity index (χ0n) is 11.7. The van der Waals surface area contributed by atoms with Gasteiger partial charge in [0.25, 0.3) is 0 Å². The highest BCUT2D eigenvalue weighted by molar-refractivity contribution is 5.04. The number of hydrogen-bond donors (Lipinski definition) is 2. The van der Waals surface area contributed by atoms with Gasteiger partial charge in [0.1, 0.15) is 0 Å². The average molecular weight is 238 g/mol. The molecule has 0 saturated heterocycles. The molecule has 2 saturated carbocycles. The van der Waals surface area contributed by atoms with E-state index < -0.39 is 0 Å². The molecule has 17 heavy (non-hydrogen) atoms. The monoisotopic (exact) mass is 238 g/mol. The number of rotatable bonds is 9. The van der Waals surface area contributed by atoms with Crippen molar-refractivity contribution in [3.8, 4) is 0 Å². The number of hydrogen-bond acceptors (Lipinski definition) is 2. The van der Waals surface area contributed by atoms with E-state index in [1.165, 1.54) is 58.0 Å². The Balaban J connectivity index is 1.49. The Morgan fingerprint density at radius 3 is 2.47 bits per heavy atom. The summed E-state index contributed by atoms with van der Waals surface area (Å²) in [6.45, 7) is 6.96. The molecule has 2 heteroatoms. The van der Waals surface area contributed by atoms with Crippen molar-refractivity contribution < 1.29 is 0 Å². The van der Waals surface area contributed by atoms with E-state index in [2.05, 4.69) is 19.2 Å². The zero-order valence-corrected chi connectivity index (χ0v) is 11.7. The van der Waals surface area contributed by atoms with Crippen LogP contribution in [0.3, 0.4) is 0 Å². The first-order valence-corrected chi connectivity index (χ1v) is 7.59. The Labute approximate surface area is 107 Å². The second kappa shape index (κ2) is 5.71. The summed E-state index contributed by atoms with van der Waals surface area (Å²) < 4.78 is 0. The third kappa shape index (κ3) is 4.26. The van der Waals surface area contributed by atoms with Crippen molar-refractivity contribution in [2.45, 2.75) is 64.8 Å². The van der Waals surface area contributed by atoms with E-state index in [1.54, 1.807) is 0 Å². The first-order chi connectivity index (χ1) is 8.12. The molecule has 100 valence electrons. The standard InChI is InChI=1S/C15H30N2/c1-12(4-3-5-13(2)16)10-17-11-15(8-9-15)14-6-7-14/h12-14,17H,3-11,16H2,1-2H3. The third-order valence-corrected chi connectivity index (χ3v) is 4.66. The predicted molar refractivity (Wildman–Crippen MR) is 73.9 cm³/mol. The average Bonchev–Trinajstić information content (AvgIpc) is 3.12. The van der Waals surface area contributed by atoms with Crippen molar-refractivity contribution in [2.75, 3.05) is 13.1 Å². The fraction of sp³-hybridized carbons (Fsp3) is 1.00. The highest BCUT2D eigenvalue weighted by Gasteiger charge is 2.53. The molecule has 3 N–H and O–H groups in total. The molecule has 2 unspecified atom stereocenters. The molecule has 0 bridgehead atoms. The Morgan fingerprint density at radius 1 is 1.24 bits per heavy atom. The smallest absolute Gasteiger partial charge is 0.00106 e. The molecule has 0 heterocycles. The molecule has 0 spiro atoms. The lowest BCUT2D eigenvalue weighted by atomic mass is 9.99. The van der Waals surface area contributed by atoms with Gasteiger partial charge in [-0.05, 0) is 69.2 Å². The Hall–Kier alpha value is -0.0800. The van der Waals surface area contributed by atoms with Gasteiger partial charge in [-0.1, -0.05) is 13.3 Å². The summed E-state index contributed by atoms with van der Waals surface area (Å²) in [5.41, 5.74) is 6.52. The largest absolute Gasteiger partial charge is 0.328 e. The molecule has 0 aromatic carbocycles. The fourth-order valence-corrected chi connectivity index (χ4v) is 3.04. The minimum Gasteiger partial charge on any atom is -0.328 e. The van der Waals surface area contributed by atoms with Crippen LogP contribution >= 0.6 is 0 Å². The first kappa shape index (κ1) is 13.4. The van der Waals surface area contributed by atoms with Crippen LogP contribution in [0.5, 0.6) is 0 Å². The molecule has 2 atom stereocenters. The maximum Gasteiger partial charge on any atom is 0.00106 e. The molecular weight excluding hydrogens is 208 g/mol. The minimum absolute atomic E-state index is 0.375. The molecule has 2 nitrogen and oxygen atoms in total. The topological polar surface area (TPSA) is 38.0 Å². The summed E-state index contributed by atoms with van der Waals surface area (Å²) in [7, 11) is 0. The number of nitrogens with one attached hydrogen (secondary N) is 1. The van der Waals surface area contributed by atoms with E-state index in [0.29, 0.717) is 6.04 Å². The van der Waals surface area contributed by atoms with Gasteiger partial charge in [-0.25, -0.2) is 0 Å².